The van der Waals surface area contributed by atoms with E-state index in [1.807, 2.05) is 6.07 Å². The topological polar surface area (TPSA) is 21.7 Å². The molecule has 0 aromatic heterocycles. The summed E-state index contributed by atoms with van der Waals surface area (Å²) in [7, 11) is 5.66. The van der Waals surface area contributed by atoms with Crippen molar-refractivity contribution in [2.24, 2.45) is 0 Å². The molecule has 28 heavy (non-hydrogen) atoms. The first kappa shape index (κ1) is 18.8. The van der Waals surface area contributed by atoms with Crippen LogP contribution in [0.2, 0.25) is 0 Å². The van der Waals surface area contributed by atoms with Gasteiger partial charge in [-0.05, 0) is 85.6 Å². The van der Waals surface area contributed by atoms with Gasteiger partial charge in [-0.25, -0.2) is 0 Å². The van der Waals surface area contributed by atoms with E-state index in [1.165, 1.54) is 33.2 Å². The molecule has 0 N–H and O–H groups in total. The molecule has 1 aliphatic heterocycles. The molecule has 4 rings (SSSR count). The fourth-order valence-corrected chi connectivity index (χ4v) is 4.65. The summed E-state index contributed by atoms with van der Waals surface area (Å²) in [5.41, 5.74) is 6.62. The lowest BCUT2D eigenvalue weighted by atomic mass is 9.85. The summed E-state index contributed by atoms with van der Waals surface area (Å²) in [4.78, 5) is 2.47. The Labute approximate surface area is 167 Å². The Bertz CT molecular complexity index is 1040. The fourth-order valence-electron chi connectivity index (χ4n) is 4.65. The average Bonchev–Trinajstić information content (AvgIpc) is 2.71. The van der Waals surface area contributed by atoms with E-state index in [-0.39, 0.29) is 0 Å². The van der Waals surface area contributed by atoms with Crippen LogP contribution < -0.4 is 9.47 Å². The summed E-state index contributed by atoms with van der Waals surface area (Å²) in [6.45, 7) is 6.77. The summed E-state index contributed by atoms with van der Waals surface area (Å²) in [6.07, 6.45) is 1.10. The highest BCUT2D eigenvalue weighted by atomic mass is 16.5. The van der Waals surface area contributed by atoms with E-state index in [1.54, 1.807) is 14.2 Å². The minimum Gasteiger partial charge on any atom is -0.496 e. The highest BCUT2D eigenvalue weighted by Gasteiger charge is 2.27. The minimum absolute atomic E-state index is 0.415. The SMILES string of the molecule is COc1cccc2c(-c3ccc4c(c3)C(C)N(C)C(C)C4)c(C)cc(OC)c12. The van der Waals surface area contributed by atoms with Gasteiger partial charge in [-0.1, -0.05) is 24.3 Å². The van der Waals surface area contributed by atoms with Crippen LogP contribution in [0.1, 0.15) is 36.6 Å². The van der Waals surface area contributed by atoms with Gasteiger partial charge in [0.2, 0.25) is 0 Å². The van der Waals surface area contributed by atoms with Crippen molar-refractivity contribution in [2.75, 3.05) is 21.3 Å². The molecule has 0 amide bonds. The van der Waals surface area contributed by atoms with Gasteiger partial charge in [0.05, 0.1) is 19.6 Å². The van der Waals surface area contributed by atoms with E-state index in [9.17, 15) is 0 Å². The van der Waals surface area contributed by atoms with Crippen LogP contribution in [0, 0.1) is 6.92 Å². The zero-order valence-corrected chi connectivity index (χ0v) is 17.7. The Morgan fingerprint density at radius 2 is 1.71 bits per heavy atom. The fraction of sp³-hybridized carbons (Fsp3) is 0.360. The van der Waals surface area contributed by atoms with Crippen molar-refractivity contribution in [1.29, 1.82) is 0 Å². The first-order chi connectivity index (χ1) is 13.5. The minimum atomic E-state index is 0.415. The van der Waals surface area contributed by atoms with Crippen molar-refractivity contribution in [3.63, 3.8) is 0 Å². The standard InChI is InChI=1S/C25H29NO2/c1-15-12-23(28-6)25-20(8-7-9-22(25)27-5)24(15)19-11-10-18-13-16(2)26(4)17(3)21(18)14-19/h7-12,14,16-17H,13H2,1-6H3. The maximum Gasteiger partial charge on any atom is 0.130 e. The number of rotatable bonds is 3. The van der Waals surface area contributed by atoms with Gasteiger partial charge in [-0.3, -0.25) is 4.90 Å². The number of hydrogen-bond acceptors (Lipinski definition) is 3. The molecule has 2 unspecified atom stereocenters. The molecule has 3 nitrogen and oxygen atoms in total. The molecule has 0 saturated carbocycles. The quantitative estimate of drug-likeness (QED) is 0.580. The monoisotopic (exact) mass is 375 g/mol. The molecule has 1 aliphatic rings. The van der Waals surface area contributed by atoms with E-state index < -0.39 is 0 Å². The van der Waals surface area contributed by atoms with Crippen molar-refractivity contribution in [3.8, 4) is 22.6 Å². The number of aryl methyl sites for hydroxylation is 1. The number of methoxy groups -OCH3 is 2. The molecule has 0 radical (unpaired) electrons. The van der Waals surface area contributed by atoms with E-state index >= 15 is 0 Å². The maximum absolute atomic E-state index is 5.69. The van der Waals surface area contributed by atoms with Gasteiger partial charge in [0, 0.05) is 12.1 Å². The number of benzene rings is 3. The average molecular weight is 376 g/mol. The maximum atomic E-state index is 5.69. The summed E-state index contributed by atoms with van der Waals surface area (Å²) < 4.78 is 11.3. The molecule has 1 heterocycles. The lowest BCUT2D eigenvalue weighted by Crippen LogP contribution is -2.37. The van der Waals surface area contributed by atoms with Crippen LogP contribution in [0.5, 0.6) is 11.5 Å². The first-order valence-corrected chi connectivity index (χ1v) is 9.95. The van der Waals surface area contributed by atoms with Gasteiger partial charge in [-0.2, -0.15) is 0 Å². The number of nitrogens with zero attached hydrogens (tertiary/aromatic N) is 1. The summed E-state index contributed by atoms with van der Waals surface area (Å²) in [5, 5.41) is 2.20. The number of likely N-dealkylation sites (N-methyl/N-ethyl adjacent to an activating group) is 1. The van der Waals surface area contributed by atoms with Crippen LogP contribution in [0.4, 0.5) is 0 Å². The molecule has 0 saturated heterocycles. The molecule has 0 spiro atoms. The molecule has 0 fully saturated rings. The zero-order chi connectivity index (χ0) is 20.0. The van der Waals surface area contributed by atoms with Crippen LogP contribution in [-0.4, -0.2) is 32.2 Å². The van der Waals surface area contributed by atoms with Crippen LogP contribution >= 0.6 is 0 Å². The predicted molar refractivity (Wildman–Crippen MR) is 117 cm³/mol. The van der Waals surface area contributed by atoms with Gasteiger partial charge >= 0.3 is 0 Å². The molecule has 3 aromatic carbocycles. The van der Waals surface area contributed by atoms with Crippen molar-refractivity contribution < 1.29 is 9.47 Å². The van der Waals surface area contributed by atoms with Crippen LogP contribution in [-0.2, 0) is 6.42 Å². The van der Waals surface area contributed by atoms with E-state index in [0.29, 0.717) is 12.1 Å². The Morgan fingerprint density at radius 3 is 2.43 bits per heavy atom. The third kappa shape index (κ3) is 2.85. The Kier molecular flexibility index (Phi) is 4.80. The third-order valence-electron chi connectivity index (χ3n) is 6.43. The third-order valence-corrected chi connectivity index (χ3v) is 6.43. The first-order valence-electron chi connectivity index (χ1n) is 9.95. The summed E-state index contributed by atoms with van der Waals surface area (Å²) in [5.74, 6) is 1.70. The lowest BCUT2D eigenvalue weighted by Gasteiger charge is -2.38. The van der Waals surface area contributed by atoms with Gasteiger partial charge in [0.15, 0.2) is 0 Å². The smallest absolute Gasteiger partial charge is 0.130 e. The van der Waals surface area contributed by atoms with Gasteiger partial charge in [0.1, 0.15) is 11.5 Å². The van der Waals surface area contributed by atoms with Crippen molar-refractivity contribution in [3.05, 3.63) is 59.2 Å². The predicted octanol–water partition coefficient (Wildman–Crippen LogP) is 5.77. The second kappa shape index (κ2) is 7.14. The van der Waals surface area contributed by atoms with Crippen molar-refractivity contribution >= 4 is 10.8 Å². The largest absolute Gasteiger partial charge is 0.496 e. The molecular weight excluding hydrogens is 346 g/mol. The highest BCUT2D eigenvalue weighted by molar-refractivity contribution is 6.04. The molecule has 3 aromatic rings. The van der Waals surface area contributed by atoms with Gasteiger partial charge in [0.25, 0.3) is 0 Å². The lowest BCUT2D eigenvalue weighted by molar-refractivity contribution is 0.179. The van der Waals surface area contributed by atoms with Crippen molar-refractivity contribution in [2.45, 2.75) is 39.3 Å². The Morgan fingerprint density at radius 1 is 0.964 bits per heavy atom. The van der Waals surface area contributed by atoms with Crippen LogP contribution in [0.15, 0.2) is 42.5 Å². The highest BCUT2D eigenvalue weighted by Crippen LogP contribution is 2.43. The molecule has 2 atom stereocenters. The molecule has 0 bridgehead atoms. The van der Waals surface area contributed by atoms with E-state index in [4.69, 9.17) is 9.47 Å². The Hall–Kier alpha value is -2.52. The summed E-state index contributed by atoms with van der Waals surface area (Å²) >= 11 is 0. The Balaban J connectivity index is 1.97. The van der Waals surface area contributed by atoms with Crippen molar-refractivity contribution in [1.82, 2.24) is 4.90 Å². The molecule has 3 heteroatoms. The zero-order valence-electron chi connectivity index (χ0n) is 17.7. The van der Waals surface area contributed by atoms with E-state index in [0.717, 1.165) is 23.3 Å². The molecular formula is C25H29NO2. The van der Waals surface area contributed by atoms with Crippen LogP contribution in [0.3, 0.4) is 0 Å². The normalized spacial score (nSPS) is 19.5. The van der Waals surface area contributed by atoms with Crippen LogP contribution in [0.25, 0.3) is 21.9 Å². The number of hydrogen-bond donors (Lipinski definition) is 0. The molecule has 0 aliphatic carbocycles. The van der Waals surface area contributed by atoms with E-state index in [2.05, 4.69) is 69.1 Å². The molecule has 146 valence electrons. The number of ether oxygens (including phenoxy) is 2. The summed E-state index contributed by atoms with van der Waals surface area (Å²) in [6, 6.07) is 16.3. The second-order valence-electron chi connectivity index (χ2n) is 7.96. The van der Waals surface area contributed by atoms with Gasteiger partial charge < -0.3 is 9.47 Å². The second-order valence-corrected chi connectivity index (χ2v) is 7.96. The van der Waals surface area contributed by atoms with Gasteiger partial charge in [-0.15, -0.1) is 0 Å². The number of fused-ring (bicyclic) bond motifs is 2.